The van der Waals surface area contributed by atoms with E-state index in [-0.39, 0.29) is 0 Å². The Morgan fingerprint density at radius 2 is 0.448 bits per heavy atom. The van der Waals surface area contributed by atoms with E-state index < -0.39 is 0 Å². The minimum atomic E-state index is 1.26. The molecule has 87 heavy (non-hydrogen) atoms. The van der Waals surface area contributed by atoms with Crippen molar-refractivity contribution in [1.82, 2.24) is 0 Å². The Labute approximate surface area is 519 Å². The van der Waals surface area contributed by atoms with Crippen molar-refractivity contribution >= 4 is 21.5 Å². The number of fused-ring (bicyclic) bond motifs is 2. The average Bonchev–Trinajstić information content (AvgIpc) is 3.75. The van der Waals surface area contributed by atoms with Gasteiger partial charge in [0.15, 0.2) is 0 Å². The van der Waals surface area contributed by atoms with Gasteiger partial charge in [-0.25, -0.2) is 0 Å². The Kier molecular flexibility index (Phi) is 24.3. The molecule has 0 saturated heterocycles. The molecule has 0 N–H and O–H groups in total. The minimum absolute atomic E-state index is 1.26. The summed E-state index contributed by atoms with van der Waals surface area (Å²) in [6, 6.07) is 125. The van der Waals surface area contributed by atoms with E-state index in [2.05, 4.69) is 364 Å². The fourth-order valence-corrected chi connectivity index (χ4v) is 9.81. The molecular weight excluding hydrogens is 1040 g/mol. The third kappa shape index (κ3) is 20.4. The molecule has 0 heteroatoms. The van der Waals surface area contributed by atoms with Gasteiger partial charge in [-0.1, -0.05) is 386 Å². The number of benzene rings is 14. The molecule has 0 aliphatic carbocycles. The second kappa shape index (κ2) is 33.8. The Morgan fingerprint density at radius 1 is 0.149 bits per heavy atom. The van der Waals surface area contributed by atoms with E-state index in [0.717, 1.165) is 0 Å². The monoisotopic (exact) mass is 1120 g/mol. The van der Waals surface area contributed by atoms with E-state index in [4.69, 9.17) is 0 Å². The Hall–Kier alpha value is -10.4. The molecule has 0 nitrogen and oxygen atoms in total. The highest BCUT2D eigenvalue weighted by Crippen LogP contribution is 2.27. The van der Waals surface area contributed by atoms with Gasteiger partial charge in [-0.2, -0.15) is 0 Å². The van der Waals surface area contributed by atoms with Crippen LogP contribution in [0.25, 0.3) is 77.2 Å². The van der Waals surface area contributed by atoms with Gasteiger partial charge < -0.3 is 0 Å². The minimum Gasteiger partial charge on any atom is -0.0622 e. The van der Waals surface area contributed by atoms with Crippen LogP contribution in [0.5, 0.6) is 0 Å². The molecule has 0 fully saturated rings. The lowest BCUT2D eigenvalue weighted by atomic mass is 10.00. The lowest BCUT2D eigenvalue weighted by Crippen LogP contribution is -1.80. The number of hydrogen-bond acceptors (Lipinski definition) is 0. The van der Waals surface area contributed by atoms with E-state index in [1.165, 1.54) is 116 Å². The molecule has 0 aromatic heterocycles. The first kappa shape index (κ1) is 62.6. The van der Waals surface area contributed by atoms with Gasteiger partial charge in [0.25, 0.3) is 0 Å². The van der Waals surface area contributed by atoms with Crippen molar-refractivity contribution in [2.24, 2.45) is 0 Å². The Bertz CT molecular complexity index is 4200. The number of hydrogen-bond donors (Lipinski definition) is 0. The maximum atomic E-state index is 2.20. The van der Waals surface area contributed by atoms with Gasteiger partial charge in [-0.05, 0) is 137 Å². The van der Waals surface area contributed by atoms with Gasteiger partial charge in [0, 0.05) is 0 Å². The standard InChI is InChI=1S/C19H16.3C13H12.2C11H10.C7H8/c1-15-7-9-17(10-8-15)19-13-11-18(12-14-19)16-5-3-2-4-6-16;1-11-7-5-6-10-13(11)12-8-3-2-4-9-12;1-11-6-5-9-13(10-11)12-7-3-2-4-8-12;1-11-7-9-13(10-8-11)12-5-3-2-4-6-12;1-9-5-4-7-10-6-2-3-8-11(9)10;1-9-6-7-10-4-2-3-5-11(10)8-9;1-7-5-3-2-4-6-7/h2-14H,1H3;3*2-10H,1H3;2*2-8H,1H3;2-6H,1H3. The molecule has 0 amide bonds. The molecule has 14 aromatic carbocycles. The van der Waals surface area contributed by atoms with Crippen LogP contribution < -0.4 is 0 Å². The van der Waals surface area contributed by atoms with Crippen LogP contribution in [0.4, 0.5) is 0 Å². The average molecular weight is 1130 g/mol. The van der Waals surface area contributed by atoms with Crippen LogP contribution >= 0.6 is 0 Å². The van der Waals surface area contributed by atoms with Crippen molar-refractivity contribution < 1.29 is 0 Å². The molecule has 0 heterocycles. The van der Waals surface area contributed by atoms with Gasteiger partial charge in [0.2, 0.25) is 0 Å². The lowest BCUT2D eigenvalue weighted by Gasteiger charge is -2.05. The van der Waals surface area contributed by atoms with Crippen molar-refractivity contribution in [1.29, 1.82) is 0 Å². The summed E-state index contributed by atoms with van der Waals surface area (Å²) in [5, 5.41) is 5.33. The van der Waals surface area contributed by atoms with Crippen LogP contribution in [0.2, 0.25) is 0 Å². The highest BCUT2D eigenvalue weighted by Gasteiger charge is 2.02. The van der Waals surface area contributed by atoms with Crippen LogP contribution in [-0.2, 0) is 0 Å². The first-order valence-electron chi connectivity index (χ1n) is 30.1. The predicted octanol–water partition coefficient (Wildman–Crippen LogP) is 24.6. The number of aryl methyl sites for hydroxylation is 7. The van der Waals surface area contributed by atoms with Gasteiger partial charge in [0.05, 0.1) is 0 Å². The summed E-state index contributed by atoms with van der Waals surface area (Å²) in [6.45, 7) is 14.8. The summed E-state index contributed by atoms with van der Waals surface area (Å²) in [6.07, 6.45) is 0. The van der Waals surface area contributed by atoms with Crippen molar-refractivity contribution in [3.05, 3.63) is 397 Å². The summed E-state index contributed by atoms with van der Waals surface area (Å²) in [7, 11) is 0. The molecule has 0 aliphatic heterocycles. The van der Waals surface area contributed by atoms with Gasteiger partial charge >= 0.3 is 0 Å². The fraction of sp³-hybridized carbons (Fsp3) is 0.0805. The highest BCUT2D eigenvalue weighted by molar-refractivity contribution is 5.85. The summed E-state index contributed by atoms with van der Waals surface area (Å²) in [5.41, 5.74) is 22.0. The van der Waals surface area contributed by atoms with Crippen molar-refractivity contribution in [3.8, 4) is 55.6 Å². The highest BCUT2D eigenvalue weighted by atomic mass is 14.1. The first-order chi connectivity index (χ1) is 42.6. The normalized spacial score (nSPS) is 10.0. The Morgan fingerprint density at radius 3 is 0.908 bits per heavy atom. The third-order valence-electron chi connectivity index (χ3n) is 14.7. The molecule has 0 unspecified atom stereocenters. The van der Waals surface area contributed by atoms with Crippen molar-refractivity contribution in [2.75, 3.05) is 0 Å². The lowest BCUT2D eigenvalue weighted by molar-refractivity contribution is 1.46. The topological polar surface area (TPSA) is 0 Å². The molecule has 0 radical (unpaired) electrons. The molecule has 14 rings (SSSR count). The van der Waals surface area contributed by atoms with Crippen LogP contribution in [0.3, 0.4) is 0 Å². The van der Waals surface area contributed by atoms with Crippen LogP contribution in [0.15, 0.2) is 358 Å². The van der Waals surface area contributed by atoms with Gasteiger partial charge in [-0.3, -0.25) is 0 Å². The zero-order chi connectivity index (χ0) is 60.8. The predicted molar refractivity (Wildman–Crippen MR) is 380 cm³/mol. The number of rotatable bonds is 5. The van der Waals surface area contributed by atoms with Crippen LogP contribution in [0.1, 0.15) is 38.9 Å². The molecule has 0 saturated carbocycles. The smallest absolute Gasteiger partial charge is 0.0155 e. The molecule has 0 spiro atoms. The van der Waals surface area contributed by atoms with E-state index >= 15 is 0 Å². The van der Waals surface area contributed by atoms with E-state index in [1.807, 2.05) is 42.5 Å². The van der Waals surface area contributed by atoms with Crippen molar-refractivity contribution in [2.45, 2.75) is 48.5 Å². The molecule has 0 bridgehead atoms. The third-order valence-corrected chi connectivity index (χ3v) is 14.7. The summed E-state index contributed by atoms with van der Waals surface area (Å²) < 4.78 is 0. The summed E-state index contributed by atoms with van der Waals surface area (Å²) in [5.74, 6) is 0. The van der Waals surface area contributed by atoms with E-state index in [0.29, 0.717) is 0 Å². The Balaban J connectivity index is 0.000000134. The maximum Gasteiger partial charge on any atom is -0.0155 e. The first-order valence-corrected chi connectivity index (χ1v) is 30.1. The maximum absolute atomic E-state index is 2.20. The van der Waals surface area contributed by atoms with Gasteiger partial charge in [0.1, 0.15) is 0 Å². The SMILES string of the molecule is Cc1ccc(-c2ccc(-c3ccccc3)cc2)cc1.Cc1ccc(-c2ccccc2)cc1.Cc1ccc2ccccc2c1.Cc1cccc(-c2ccccc2)c1.Cc1cccc2ccccc12.Cc1ccccc1.Cc1ccccc1-c1ccccc1. The second-order valence-electron chi connectivity index (χ2n) is 21.8. The largest absolute Gasteiger partial charge is 0.0622 e. The van der Waals surface area contributed by atoms with Crippen LogP contribution in [0, 0.1) is 48.5 Å². The van der Waals surface area contributed by atoms with Gasteiger partial charge in [-0.15, -0.1) is 0 Å². The summed E-state index contributed by atoms with van der Waals surface area (Å²) in [4.78, 5) is 0. The zero-order valence-corrected chi connectivity index (χ0v) is 51.6. The quantitative estimate of drug-likeness (QED) is 0.161. The molecular formula is C87H80. The van der Waals surface area contributed by atoms with Crippen LogP contribution in [-0.4, -0.2) is 0 Å². The van der Waals surface area contributed by atoms with E-state index in [1.54, 1.807) is 0 Å². The molecule has 0 atom stereocenters. The molecule has 14 aromatic rings. The van der Waals surface area contributed by atoms with E-state index in [9.17, 15) is 0 Å². The zero-order valence-electron chi connectivity index (χ0n) is 51.6. The summed E-state index contributed by atoms with van der Waals surface area (Å²) >= 11 is 0. The van der Waals surface area contributed by atoms with Crippen molar-refractivity contribution in [3.63, 3.8) is 0 Å². The molecule has 0 aliphatic rings. The fourth-order valence-electron chi connectivity index (χ4n) is 9.81. The molecule has 428 valence electrons. The second-order valence-corrected chi connectivity index (χ2v) is 21.8.